The lowest BCUT2D eigenvalue weighted by atomic mass is 9.88. The maximum Gasteiger partial charge on any atom is 0.273 e. The van der Waals surface area contributed by atoms with Crippen LogP contribution >= 0.6 is 11.3 Å². The Morgan fingerprint density at radius 1 is 1.57 bits per heavy atom. The Hall–Kier alpha value is -0.980. The fraction of sp³-hybridized carbons (Fsp3) is 0.733. The molecular weight excluding hydrogens is 286 g/mol. The van der Waals surface area contributed by atoms with Crippen LogP contribution in [0.5, 0.6) is 0 Å². The lowest BCUT2D eigenvalue weighted by molar-refractivity contribution is -0.00367. The number of β-amino-alcohol motifs (C(OH)–C–C–N with tert-alkyl or cyclic N) is 1. The van der Waals surface area contributed by atoms with E-state index in [9.17, 15) is 9.90 Å². The summed E-state index contributed by atoms with van der Waals surface area (Å²) in [5.74, 6) is 0.485. The van der Waals surface area contributed by atoms with Gasteiger partial charge in [-0.25, -0.2) is 4.98 Å². The average molecular weight is 309 g/mol. The van der Waals surface area contributed by atoms with E-state index in [-0.39, 0.29) is 11.8 Å². The number of hydrogen-bond donors (Lipinski definition) is 1. The van der Waals surface area contributed by atoms with Crippen molar-refractivity contribution in [2.24, 2.45) is 11.8 Å². The van der Waals surface area contributed by atoms with Gasteiger partial charge in [0.05, 0.1) is 12.1 Å². The highest BCUT2D eigenvalue weighted by atomic mass is 32.1. The van der Waals surface area contributed by atoms with Crippen molar-refractivity contribution in [3.05, 3.63) is 16.1 Å². The molecule has 0 unspecified atom stereocenters. The molecule has 1 aromatic rings. The second-order valence-corrected chi connectivity index (χ2v) is 7.66. The summed E-state index contributed by atoms with van der Waals surface area (Å²) in [6, 6.07) is 0. The van der Waals surface area contributed by atoms with Crippen LogP contribution in [-0.4, -0.2) is 58.6 Å². The third kappa shape index (κ3) is 2.84. The number of likely N-dealkylation sites (tertiary alicyclic amines) is 1. The summed E-state index contributed by atoms with van der Waals surface area (Å²) in [6.45, 7) is 3.88. The van der Waals surface area contributed by atoms with E-state index < -0.39 is 5.60 Å². The van der Waals surface area contributed by atoms with E-state index in [1.807, 2.05) is 31.3 Å². The maximum atomic E-state index is 12.6. The number of rotatable bonds is 4. The van der Waals surface area contributed by atoms with E-state index in [1.54, 1.807) is 4.90 Å². The molecule has 0 radical (unpaired) electrons. The first-order valence-electron chi connectivity index (χ1n) is 7.51. The van der Waals surface area contributed by atoms with Gasteiger partial charge in [0.1, 0.15) is 10.7 Å². The highest BCUT2D eigenvalue weighted by Gasteiger charge is 2.53. The summed E-state index contributed by atoms with van der Waals surface area (Å²) >= 11 is 1.52. The summed E-state index contributed by atoms with van der Waals surface area (Å²) < 4.78 is 0. The van der Waals surface area contributed by atoms with Gasteiger partial charge < -0.3 is 14.9 Å². The Bertz CT molecular complexity index is 541. The van der Waals surface area contributed by atoms with Gasteiger partial charge in [-0.1, -0.05) is 6.92 Å². The van der Waals surface area contributed by atoms with Crippen LogP contribution in [-0.2, 0) is 6.54 Å². The minimum absolute atomic E-state index is 0.0420. The normalized spacial score (nSPS) is 29.4. The molecule has 1 aromatic heterocycles. The topological polar surface area (TPSA) is 56.7 Å². The number of aromatic nitrogens is 1. The van der Waals surface area contributed by atoms with E-state index in [4.69, 9.17) is 0 Å². The zero-order valence-electron chi connectivity index (χ0n) is 12.9. The van der Waals surface area contributed by atoms with Gasteiger partial charge in [0.2, 0.25) is 0 Å². The molecule has 21 heavy (non-hydrogen) atoms. The molecule has 0 spiro atoms. The molecule has 0 aromatic carbocycles. The number of carbonyl (C=O) groups excluding carboxylic acids is 1. The molecule has 1 aliphatic carbocycles. The molecular formula is C15H23N3O2S. The van der Waals surface area contributed by atoms with Crippen molar-refractivity contribution >= 4 is 17.2 Å². The Balaban J connectivity index is 1.70. The van der Waals surface area contributed by atoms with Crippen LogP contribution in [0, 0.1) is 11.8 Å². The standard InChI is InChI=1S/C15H23N3O2S/c1-10-6-18(9-15(10,20)11-4-5-11)14(19)12-8-21-13(16-12)7-17(2)3/h8,10-11,20H,4-7,9H2,1-3H3/t10-,15+/m1/s1. The second-order valence-electron chi connectivity index (χ2n) is 6.72. The number of nitrogens with zero attached hydrogens (tertiary/aromatic N) is 3. The van der Waals surface area contributed by atoms with Gasteiger partial charge >= 0.3 is 0 Å². The third-order valence-corrected chi connectivity index (χ3v) is 5.42. The van der Waals surface area contributed by atoms with Crippen LogP contribution in [0.4, 0.5) is 0 Å². The first-order chi connectivity index (χ1) is 9.90. The zero-order valence-corrected chi connectivity index (χ0v) is 13.7. The van der Waals surface area contributed by atoms with E-state index in [0.717, 1.165) is 24.4 Å². The Morgan fingerprint density at radius 2 is 2.29 bits per heavy atom. The van der Waals surface area contributed by atoms with Crippen LogP contribution in [0.2, 0.25) is 0 Å². The first-order valence-corrected chi connectivity index (χ1v) is 8.39. The number of amides is 1. The monoisotopic (exact) mass is 309 g/mol. The molecule has 2 atom stereocenters. The van der Waals surface area contributed by atoms with E-state index >= 15 is 0 Å². The second kappa shape index (κ2) is 5.34. The molecule has 2 heterocycles. The fourth-order valence-corrected chi connectivity index (χ4v) is 4.08. The molecule has 6 heteroatoms. The summed E-state index contributed by atoms with van der Waals surface area (Å²) in [4.78, 5) is 20.8. The van der Waals surface area contributed by atoms with Gasteiger partial charge in [-0.15, -0.1) is 11.3 Å². The minimum atomic E-state index is -0.682. The number of thiazole rings is 1. The number of hydrogen-bond acceptors (Lipinski definition) is 5. The lowest BCUT2D eigenvalue weighted by Gasteiger charge is -2.26. The van der Waals surface area contributed by atoms with Crippen LogP contribution in [0.15, 0.2) is 5.38 Å². The molecule has 1 amide bonds. The quantitative estimate of drug-likeness (QED) is 0.914. The molecule has 5 nitrogen and oxygen atoms in total. The zero-order chi connectivity index (χ0) is 15.2. The molecule has 1 aliphatic heterocycles. The average Bonchev–Trinajstić information content (AvgIpc) is 3.11. The van der Waals surface area contributed by atoms with Crippen molar-refractivity contribution < 1.29 is 9.90 Å². The largest absolute Gasteiger partial charge is 0.387 e. The van der Waals surface area contributed by atoms with Crippen molar-refractivity contribution in [3.63, 3.8) is 0 Å². The van der Waals surface area contributed by atoms with Gasteiger partial charge in [-0.05, 0) is 32.9 Å². The molecule has 116 valence electrons. The van der Waals surface area contributed by atoms with E-state index in [2.05, 4.69) is 4.98 Å². The maximum absolute atomic E-state index is 12.6. The smallest absolute Gasteiger partial charge is 0.273 e. The van der Waals surface area contributed by atoms with Crippen molar-refractivity contribution in [1.82, 2.24) is 14.8 Å². The Morgan fingerprint density at radius 3 is 2.90 bits per heavy atom. The summed E-state index contributed by atoms with van der Waals surface area (Å²) in [7, 11) is 3.97. The molecule has 1 N–H and O–H groups in total. The molecule has 1 saturated carbocycles. The molecule has 3 rings (SSSR count). The highest BCUT2D eigenvalue weighted by Crippen LogP contribution is 2.47. The first kappa shape index (κ1) is 14.9. The lowest BCUT2D eigenvalue weighted by Crippen LogP contribution is -2.40. The molecule has 1 saturated heterocycles. The van der Waals surface area contributed by atoms with Crippen molar-refractivity contribution in [2.75, 3.05) is 27.2 Å². The van der Waals surface area contributed by atoms with Gasteiger partial charge in [-0.2, -0.15) is 0 Å². The fourth-order valence-electron chi connectivity index (χ4n) is 3.20. The van der Waals surface area contributed by atoms with Gasteiger partial charge in [0.25, 0.3) is 5.91 Å². The predicted octanol–water partition coefficient (Wildman–Crippen LogP) is 1.44. The van der Waals surface area contributed by atoms with Gasteiger partial charge in [0.15, 0.2) is 0 Å². The van der Waals surface area contributed by atoms with Crippen molar-refractivity contribution in [3.8, 4) is 0 Å². The third-order valence-electron chi connectivity index (χ3n) is 4.59. The van der Waals surface area contributed by atoms with Crippen LogP contribution < -0.4 is 0 Å². The SMILES string of the molecule is C[C@@H]1CN(C(=O)c2csc(CN(C)C)n2)C[C@@]1(O)C1CC1. The predicted molar refractivity (Wildman–Crippen MR) is 82.2 cm³/mol. The summed E-state index contributed by atoms with van der Waals surface area (Å²) in [5, 5.41) is 13.6. The minimum Gasteiger partial charge on any atom is -0.387 e. The number of carbonyl (C=O) groups is 1. The van der Waals surface area contributed by atoms with Crippen LogP contribution in [0.3, 0.4) is 0 Å². The van der Waals surface area contributed by atoms with Gasteiger partial charge in [0, 0.05) is 24.4 Å². The van der Waals surface area contributed by atoms with E-state index in [1.165, 1.54) is 11.3 Å². The molecule has 2 fully saturated rings. The Labute approximate surface area is 129 Å². The van der Waals surface area contributed by atoms with Crippen LogP contribution in [0.1, 0.15) is 35.3 Å². The summed E-state index contributed by atoms with van der Waals surface area (Å²) in [5.41, 5.74) is -0.165. The van der Waals surface area contributed by atoms with E-state index in [0.29, 0.717) is 24.7 Å². The van der Waals surface area contributed by atoms with Crippen LogP contribution in [0.25, 0.3) is 0 Å². The Kier molecular flexibility index (Phi) is 3.80. The summed E-state index contributed by atoms with van der Waals surface area (Å²) in [6.07, 6.45) is 2.18. The van der Waals surface area contributed by atoms with Crippen molar-refractivity contribution in [2.45, 2.75) is 31.9 Å². The highest BCUT2D eigenvalue weighted by molar-refractivity contribution is 7.09. The molecule has 0 bridgehead atoms. The van der Waals surface area contributed by atoms with Gasteiger partial charge in [-0.3, -0.25) is 4.79 Å². The number of aliphatic hydroxyl groups is 1. The van der Waals surface area contributed by atoms with Crippen molar-refractivity contribution in [1.29, 1.82) is 0 Å². The molecule has 2 aliphatic rings.